The normalized spacial score (nSPS) is 11.1. The number of esters is 2. The third-order valence-electron chi connectivity index (χ3n) is 8.54. The Bertz CT molecular complexity index is 1880. The average molecular weight is 718 g/mol. The third-order valence-corrected chi connectivity index (χ3v) is 9.48. The average Bonchev–Trinajstić information content (AvgIpc) is 3.59. The maximum Gasteiger partial charge on any atom is 0.343 e. The summed E-state index contributed by atoms with van der Waals surface area (Å²) >= 11 is 1.52. The maximum absolute atomic E-state index is 13.3. The fourth-order valence-electron chi connectivity index (χ4n) is 5.59. The Morgan fingerprint density at radius 2 is 1.52 bits per heavy atom. The van der Waals surface area contributed by atoms with Crippen molar-refractivity contribution in [3.63, 3.8) is 0 Å². The highest BCUT2D eigenvalue weighted by Crippen LogP contribution is 2.26. The van der Waals surface area contributed by atoms with E-state index >= 15 is 0 Å². The van der Waals surface area contributed by atoms with Gasteiger partial charge in [0, 0.05) is 11.6 Å². The van der Waals surface area contributed by atoms with Gasteiger partial charge in [-0.3, -0.25) is 5.43 Å². The molecule has 8 nitrogen and oxygen atoms in total. The number of carbonyl (C=O) groups is 2. The van der Waals surface area contributed by atoms with Crippen LogP contribution < -0.4 is 14.9 Å². The van der Waals surface area contributed by atoms with E-state index in [1.807, 2.05) is 42.5 Å². The van der Waals surface area contributed by atoms with Crippen LogP contribution in [0.1, 0.15) is 84.5 Å². The molecule has 0 aliphatic heterocycles. The smallest absolute Gasteiger partial charge is 0.343 e. The Morgan fingerprint density at radius 3 is 2.27 bits per heavy atom. The number of ether oxygens (including phenoxy) is 3. The summed E-state index contributed by atoms with van der Waals surface area (Å²) in [7, 11) is 0. The number of rotatable bonds is 21. The molecule has 0 saturated heterocycles. The van der Waals surface area contributed by atoms with E-state index in [1.165, 1.54) is 47.8 Å². The number of nitrogens with zero attached hydrogens (tertiary/aromatic N) is 2. The minimum atomic E-state index is -0.468. The fourth-order valence-corrected chi connectivity index (χ4v) is 6.41. The summed E-state index contributed by atoms with van der Waals surface area (Å²) in [5.74, 6) is 0.238. The monoisotopic (exact) mass is 717 g/mol. The first kappa shape index (κ1) is 38.0. The first-order valence-corrected chi connectivity index (χ1v) is 18.9. The molecule has 0 saturated carbocycles. The SMILES string of the molecule is C=CC(=O)OCCCCCCOc1ccc(C(=O)Oc2ccc(CCc3ccc(CCCCC)cc3)cc2/C=N/Nc2nc3ccccc3s2)cc1. The Kier molecular flexibility index (Phi) is 15.0. The summed E-state index contributed by atoms with van der Waals surface area (Å²) in [5.41, 5.74) is 8.85. The van der Waals surface area contributed by atoms with Crippen LogP contribution in [0.15, 0.2) is 109 Å². The Morgan fingerprint density at radius 1 is 0.808 bits per heavy atom. The van der Waals surface area contributed by atoms with Crippen LogP contribution in [0.2, 0.25) is 0 Å². The largest absolute Gasteiger partial charge is 0.494 e. The van der Waals surface area contributed by atoms with Crippen molar-refractivity contribution in [1.82, 2.24) is 4.98 Å². The fraction of sp³-hybridized carbons (Fsp3) is 0.302. The van der Waals surface area contributed by atoms with Gasteiger partial charge in [-0.15, -0.1) is 0 Å². The predicted octanol–water partition coefficient (Wildman–Crippen LogP) is 10.1. The molecule has 0 amide bonds. The van der Waals surface area contributed by atoms with E-state index in [2.05, 4.69) is 53.3 Å². The molecule has 5 aromatic rings. The van der Waals surface area contributed by atoms with Crippen LogP contribution in [-0.4, -0.2) is 36.4 Å². The van der Waals surface area contributed by atoms with E-state index in [9.17, 15) is 9.59 Å². The van der Waals surface area contributed by atoms with E-state index < -0.39 is 11.9 Å². The molecule has 270 valence electrons. The lowest BCUT2D eigenvalue weighted by Crippen LogP contribution is -2.10. The molecule has 0 spiro atoms. The molecule has 1 N–H and O–H groups in total. The zero-order chi connectivity index (χ0) is 36.4. The molecule has 4 aromatic carbocycles. The first-order valence-electron chi connectivity index (χ1n) is 18.1. The molecule has 0 atom stereocenters. The molecule has 9 heteroatoms. The molecule has 52 heavy (non-hydrogen) atoms. The first-order chi connectivity index (χ1) is 25.5. The van der Waals surface area contributed by atoms with Crippen molar-refractivity contribution in [1.29, 1.82) is 0 Å². The van der Waals surface area contributed by atoms with E-state index in [4.69, 9.17) is 14.2 Å². The Balaban J connectivity index is 1.18. The number of aryl methyl sites for hydroxylation is 3. The lowest BCUT2D eigenvalue weighted by atomic mass is 10.00. The number of fused-ring (bicyclic) bond motifs is 1. The summed E-state index contributed by atoms with van der Waals surface area (Å²) in [4.78, 5) is 28.9. The molecule has 0 bridgehead atoms. The Labute approximate surface area is 310 Å². The summed E-state index contributed by atoms with van der Waals surface area (Å²) in [6.07, 6.45) is 13.0. The van der Waals surface area contributed by atoms with Crippen LogP contribution >= 0.6 is 11.3 Å². The van der Waals surface area contributed by atoms with Gasteiger partial charge < -0.3 is 14.2 Å². The van der Waals surface area contributed by atoms with Gasteiger partial charge in [-0.2, -0.15) is 5.10 Å². The number of hydrogen-bond acceptors (Lipinski definition) is 9. The van der Waals surface area contributed by atoms with Gasteiger partial charge in [-0.1, -0.05) is 80.1 Å². The second-order valence-corrected chi connectivity index (χ2v) is 13.6. The maximum atomic E-state index is 13.3. The van der Waals surface area contributed by atoms with Gasteiger partial charge in [0.2, 0.25) is 5.13 Å². The van der Waals surface area contributed by atoms with Gasteiger partial charge in [0.15, 0.2) is 0 Å². The number of anilines is 1. The van der Waals surface area contributed by atoms with E-state index in [-0.39, 0.29) is 0 Å². The molecule has 0 aliphatic carbocycles. The van der Waals surface area contributed by atoms with E-state index in [1.54, 1.807) is 30.5 Å². The topological polar surface area (TPSA) is 99.1 Å². The molecule has 1 aromatic heterocycles. The number of unbranched alkanes of at least 4 members (excludes halogenated alkanes) is 5. The highest BCUT2D eigenvalue weighted by molar-refractivity contribution is 7.22. The van der Waals surface area contributed by atoms with Gasteiger partial charge >= 0.3 is 11.9 Å². The predicted molar refractivity (Wildman–Crippen MR) is 211 cm³/mol. The van der Waals surface area contributed by atoms with Gasteiger partial charge in [-0.25, -0.2) is 14.6 Å². The number of hydrogen-bond donors (Lipinski definition) is 1. The number of aromatic nitrogens is 1. The second kappa shape index (κ2) is 20.5. The van der Waals surface area contributed by atoms with Gasteiger partial charge in [0.25, 0.3) is 0 Å². The van der Waals surface area contributed by atoms with Crippen LogP contribution in [0.25, 0.3) is 10.2 Å². The van der Waals surface area contributed by atoms with Crippen molar-refractivity contribution >= 4 is 44.8 Å². The molecular weight excluding hydrogens is 671 g/mol. The number of hydrazone groups is 1. The second-order valence-electron chi connectivity index (χ2n) is 12.6. The van der Waals surface area contributed by atoms with Crippen molar-refractivity contribution < 1.29 is 23.8 Å². The van der Waals surface area contributed by atoms with E-state index in [0.29, 0.717) is 41.0 Å². The zero-order valence-corrected chi connectivity index (χ0v) is 30.7. The zero-order valence-electron chi connectivity index (χ0n) is 29.9. The standard InChI is InChI=1S/C43H47N3O5S/c1-3-5-8-13-32-16-18-33(19-17-32)20-21-34-22-27-39(36(30-34)31-44-46-43-45-38-14-9-10-15-40(38)52-43)51-42(48)35-23-25-37(26-24-35)49-28-11-6-7-12-29-50-41(47)4-2/h4,9-10,14-19,22-27,30-31H,2-3,5-8,11-13,20-21,28-29H2,1H3,(H,45,46)/b44-31+. The van der Waals surface area contributed by atoms with Crippen molar-refractivity contribution in [3.8, 4) is 11.5 Å². The molecule has 0 fully saturated rings. The summed E-state index contributed by atoms with van der Waals surface area (Å²) in [6, 6.07) is 29.7. The molecule has 0 unspecified atom stereocenters. The van der Waals surface area contributed by atoms with Crippen molar-refractivity contribution in [3.05, 3.63) is 131 Å². The van der Waals surface area contributed by atoms with Crippen LogP contribution in [0, 0.1) is 0 Å². The van der Waals surface area contributed by atoms with Crippen LogP contribution in [-0.2, 0) is 28.8 Å². The third kappa shape index (κ3) is 12.2. The van der Waals surface area contributed by atoms with Crippen molar-refractivity contribution in [2.45, 2.75) is 71.1 Å². The van der Waals surface area contributed by atoms with E-state index in [0.717, 1.165) is 60.7 Å². The number of carbonyl (C=O) groups excluding carboxylic acids is 2. The van der Waals surface area contributed by atoms with Gasteiger partial charge in [0.1, 0.15) is 11.5 Å². The highest BCUT2D eigenvalue weighted by atomic mass is 32.1. The minimum absolute atomic E-state index is 0.391. The highest BCUT2D eigenvalue weighted by Gasteiger charge is 2.13. The lowest BCUT2D eigenvalue weighted by molar-refractivity contribution is -0.137. The van der Waals surface area contributed by atoms with Crippen molar-refractivity contribution in [2.75, 3.05) is 18.6 Å². The van der Waals surface area contributed by atoms with Crippen LogP contribution in [0.4, 0.5) is 5.13 Å². The number of para-hydroxylation sites is 1. The van der Waals surface area contributed by atoms with Crippen LogP contribution in [0.3, 0.4) is 0 Å². The van der Waals surface area contributed by atoms with Crippen molar-refractivity contribution in [2.24, 2.45) is 5.10 Å². The number of thiazole rings is 1. The van der Waals surface area contributed by atoms with Gasteiger partial charge in [-0.05, 0) is 117 Å². The van der Waals surface area contributed by atoms with Crippen LogP contribution in [0.5, 0.6) is 11.5 Å². The summed E-state index contributed by atoms with van der Waals surface area (Å²) < 4.78 is 17.8. The minimum Gasteiger partial charge on any atom is -0.494 e. The number of nitrogens with one attached hydrogen (secondary N) is 1. The Hall–Kier alpha value is -5.28. The molecule has 1 heterocycles. The number of benzene rings is 4. The van der Waals surface area contributed by atoms with Gasteiger partial charge in [0.05, 0.1) is 35.2 Å². The quantitative estimate of drug-likeness (QED) is 0.0201. The summed E-state index contributed by atoms with van der Waals surface area (Å²) in [5, 5.41) is 5.15. The molecule has 5 rings (SSSR count). The molecular formula is C43H47N3O5S. The molecule has 0 aliphatic rings. The summed E-state index contributed by atoms with van der Waals surface area (Å²) in [6.45, 7) is 6.58. The lowest BCUT2D eigenvalue weighted by Gasteiger charge is -2.11. The molecule has 0 radical (unpaired) electrons.